The van der Waals surface area contributed by atoms with Crippen LogP contribution in [-0.2, 0) is 27.3 Å². The van der Waals surface area contributed by atoms with Crippen molar-refractivity contribution in [1.29, 1.82) is 0 Å². The minimum Gasteiger partial charge on any atom is -0.451 e. The van der Waals surface area contributed by atoms with Crippen LogP contribution < -0.4 is 5.32 Å². The molecule has 2 aromatic rings. The fourth-order valence-corrected chi connectivity index (χ4v) is 3.11. The quantitative estimate of drug-likeness (QED) is 0.801. The molecule has 28 heavy (non-hydrogen) atoms. The predicted octanol–water partition coefficient (Wildman–Crippen LogP) is 2.07. The minimum atomic E-state index is -0.955. The van der Waals surface area contributed by atoms with Crippen molar-refractivity contribution in [3.63, 3.8) is 0 Å². The Morgan fingerprint density at radius 1 is 1.14 bits per heavy atom. The van der Waals surface area contributed by atoms with Crippen LogP contribution in [0, 0.1) is 5.82 Å². The van der Waals surface area contributed by atoms with E-state index >= 15 is 0 Å². The topological polar surface area (TPSA) is 75.7 Å². The smallest absolute Gasteiger partial charge is 0.326 e. The molecule has 0 spiro atoms. The summed E-state index contributed by atoms with van der Waals surface area (Å²) in [7, 11) is 0. The molecule has 3 rings (SSSR count). The number of carbonyl (C=O) groups is 3. The highest BCUT2D eigenvalue weighted by atomic mass is 19.1. The molecular formula is C21H21FN2O4. The molecule has 6 nitrogen and oxygen atoms in total. The maximum Gasteiger partial charge on any atom is 0.326 e. The molecule has 2 aromatic carbocycles. The Balaban J connectivity index is 1.49. The van der Waals surface area contributed by atoms with E-state index in [-0.39, 0.29) is 11.5 Å². The Morgan fingerprint density at radius 2 is 1.89 bits per heavy atom. The Bertz CT molecular complexity index is 899. The molecule has 0 bridgehead atoms. The van der Waals surface area contributed by atoms with Gasteiger partial charge in [-0.15, -0.1) is 0 Å². The summed E-state index contributed by atoms with van der Waals surface area (Å²) >= 11 is 0. The normalized spacial score (nSPS) is 14.0. The Labute approximate surface area is 162 Å². The van der Waals surface area contributed by atoms with E-state index in [1.54, 1.807) is 4.90 Å². The first kappa shape index (κ1) is 19.5. The number of fused-ring (bicyclic) bond motifs is 1. The maximum atomic E-state index is 13.1. The fourth-order valence-electron chi connectivity index (χ4n) is 3.11. The molecule has 1 N–H and O–H groups in total. The first-order valence-electron chi connectivity index (χ1n) is 9.03. The molecule has 0 radical (unpaired) electrons. The summed E-state index contributed by atoms with van der Waals surface area (Å²) < 4.78 is 18.3. The third-order valence-electron chi connectivity index (χ3n) is 4.58. The van der Waals surface area contributed by atoms with Crippen LogP contribution in [0.1, 0.15) is 28.4 Å². The molecule has 1 atom stereocenters. The van der Waals surface area contributed by atoms with Crippen molar-refractivity contribution in [1.82, 2.24) is 10.2 Å². The molecule has 0 saturated heterocycles. The fraction of sp³-hybridized carbons (Fsp3) is 0.286. The molecule has 0 saturated carbocycles. The van der Waals surface area contributed by atoms with Gasteiger partial charge in [-0.05, 0) is 42.7 Å². The Morgan fingerprint density at radius 3 is 2.64 bits per heavy atom. The van der Waals surface area contributed by atoms with Crippen molar-refractivity contribution >= 4 is 17.8 Å². The number of rotatable bonds is 5. The average molecular weight is 384 g/mol. The SMILES string of the molecule is C[C@@H](OC(=O)CNC(=O)c1cccc(F)c1)C(=O)N1CCc2ccccc2C1. The summed E-state index contributed by atoms with van der Waals surface area (Å²) in [5, 5.41) is 2.36. The maximum absolute atomic E-state index is 13.1. The van der Waals surface area contributed by atoms with Crippen LogP contribution >= 0.6 is 0 Å². The molecule has 1 aliphatic rings. The Kier molecular flexibility index (Phi) is 6.03. The first-order chi connectivity index (χ1) is 13.4. The average Bonchev–Trinajstić information content (AvgIpc) is 2.71. The molecule has 0 aromatic heterocycles. The van der Waals surface area contributed by atoms with Crippen LogP contribution in [0.3, 0.4) is 0 Å². The van der Waals surface area contributed by atoms with Gasteiger partial charge in [0.05, 0.1) is 0 Å². The van der Waals surface area contributed by atoms with Gasteiger partial charge in [0.1, 0.15) is 12.4 Å². The number of hydrogen-bond acceptors (Lipinski definition) is 4. The minimum absolute atomic E-state index is 0.101. The third kappa shape index (κ3) is 4.73. The second-order valence-corrected chi connectivity index (χ2v) is 6.60. The highest BCUT2D eigenvalue weighted by Crippen LogP contribution is 2.19. The highest BCUT2D eigenvalue weighted by molar-refractivity contribution is 5.96. The van der Waals surface area contributed by atoms with Crippen molar-refractivity contribution in [2.24, 2.45) is 0 Å². The number of benzene rings is 2. The van der Waals surface area contributed by atoms with Crippen molar-refractivity contribution in [2.75, 3.05) is 13.1 Å². The second kappa shape index (κ2) is 8.65. The van der Waals surface area contributed by atoms with Gasteiger partial charge in [-0.1, -0.05) is 30.3 Å². The van der Waals surface area contributed by atoms with E-state index in [2.05, 4.69) is 5.32 Å². The van der Waals surface area contributed by atoms with Gasteiger partial charge in [0.2, 0.25) is 0 Å². The van der Waals surface area contributed by atoms with E-state index in [0.29, 0.717) is 13.1 Å². The number of nitrogens with one attached hydrogen (secondary N) is 1. The Hall–Kier alpha value is -3.22. The van der Waals surface area contributed by atoms with Crippen LogP contribution in [0.2, 0.25) is 0 Å². The zero-order valence-corrected chi connectivity index (χ0v) is 15.5. The van der Waals surface area contributed by atoms with Crippen LogP contribution in [0.4, 0.5) is 4.39 Å². The van der Waals surface area contributed by atoms with Crippen LogP contribution in [0.15, 0.2) is 48.5 Å². The van der Waals surface area contributed by atoms with Gasteiger partial charge in [0, 0.05) is 18.7 Å². The largest absolute Gasteiger partial charge is 0.451 e. The molecule has 7 heteroatoms. The summed E-state index contributed by atoms with van der Waals surface area (Å²) in [4.78, 5) is 38.1. The molecule has 146 valence electrons. The number of amides is 2. The molecule has 0 unspecified atom stereocenters. The van der Waals surface area contributed by atoms with Crippen LogP contribution in [-0.4, -0.2) is 41.9 Å². The van der Waals surface area contributed by atoms with E-state index in [1.807, 2.05) is 24.3 Å². The number of nitrogens with zero attached hydrogens (tertiary/aromatic N) is 1. The van der Waals surface area contributed by atoms with Crippen molar-refractivity contribution in [2.45, 2.75) is 26.0 Å². The van der Waals surface area contributed by atoms with Crippen molar-refractivity contribution in [3.05, 3.63) is 71.0 Å². The zero-order valence-electron chi connectivity index (χ0n) is 15.5. The molecule has 0 aliphatic carbocycles. The first-order valence-corrected chi connectivity index (χ1v) is 9.03. The summed E-state index contributed by atoms with van der Waals surface area (Å²) in [5.41, 5.74) is 2.41. The van der Waals surface area contributed by atoms with E-state index in [1.165, 1.54) is 30.7 Å². The summed E-state index contributed by atoms with van der Waals surface area (Å²) in [5.74, 6) is -2.15. The number of ether oxygens (including phenoxy) is 1. The van der Waals surface area contributed by atoms with E-state index < -0.39 is 30.3 Å². The lowest BCUT2D eigenvalue weighted by atomic mass is 9.99. The molecule has 1 heterocycles. The number of hydrogen-bond donors (Lipinski definition) is 1. The van der Waals surface area contributed by atoms with Crippen LogP contribution in [0.5, 0.6) is 0 Å². The predicted molar refractivity (Wildman–Crippen MR) is 99.9 cm³/mol. The van der Waals surface area contributed by atoms with Gasteiger partial charge in [-0.25, -0.2) is 4.39 Å². The van der Waals surface area contributed by atoms with Gasteiger partial charge < -0.3 is 15.0 Å². The monoisotopic (exact) mass is 384 g/mol. The van der Waals surface area contributed by atoms with Crippen molar-refractivity contribution in [3.8, 4) is 0 Å². The van der Waals surface area contributed by atoms with Gasteiger partial charge in [-0.3, -0.25) is 14.4 Å². The number of halogens is 1. The summed E-state index contributed by atoms with van der Waals surface area (Å²) in [6.45, 7) is 2.15. The van der Waals surface area contributed by atoms with Gasteiger partial charge in [0.15, 0.2) is 6.10 Å². The van der Waals surface area contributed by atoms with Crippen LogP contribution in [0.25, 0.3) is 0 Å². The van der Waals surface area contributed by atoms with E-state index in [9.17, 15) is 18.8 Å². The third-order valence-corrected chi connectivity index (χ3v) is 4.58. The highest BCUT2D eigenvalue weighted by Gasteiger charge is 2.27. The molecule has 0 fully saturated rings. The van der Waals surface area contributed by atoms with Crippen molar-refractivity contribution < 1.29 is 23.5 Å². The lowest BCUT2D eigenvalue weighted by Crippen LogP contribution is -2.43. The van der Waals surface area contributed by atoms with Gasteiger partial charge in [-0.2, -0.15) is 0 Å². The molecule has 2 amide bonds. The molecular weight excluding hydrogens is 363 g/mol. The number of carbonyl (C=O) groups excluding carboxylic acids is 3. The second-order valence-electron chi connectivity index (χ2n) is 6.60. The molecule has 1 aliphatic heterocycles. The number of esters is 1. The lowest BCUT2D eigenvalue weighted by Gasteiger charge is -2.30. The van der Waals surface area contributed by atoms with E-state index in [0.717, 1.165) is 18.1 Å². The van der Waals surface area contributed by atoms with E-state index in [4.69, 9.17) is 4.74 Å². The van der Waals surface area contributed by atoms with Gasteiger partial charge >= 0.3 is 5.97 Å². The van der Waals surface area contributed by atoms with Gasteiger partial charge in [0.25, 0.3) is 11.8 Å². The standard InChI is InChI=1S/C21H21FN2O4/c1-14(21(27)24-10-9-15-5-2-3-6-17(15)13-24)28-19(25)12-23-20(26)16-7-4-8-18(22)11-16/h2-8,11,14H,9-10,12-13H2,1H3,(H,23,26)/t14-/m1/s1. The lowest BCUT2D eigenvalue weighted by molar-refractivity contribution is -0.158. The zero-order chi connectivity index (χ0) is 20.1. The summed E-state index contributed by atoms with van der Waals surface area (Å²) in [6, 6.07) is 13.0. The summed E-state index contributed by atoms with van der Waals surface area (Å²) in [6.07, 6.45) is -0.199.